The third kappa shape index (κ3) is 1.71. The Bertz CT molecular complexity index is 518. The van der Waals surface area contributed by atoms with Crippen molar-refractivity contribution in [2.24, 2.45) is 0 Å². The topological polar surface area (TPSA) is 22.0 Å². The molecule has 0 amide bonds. The fraction of sp³-hybridized carbons (Fsp3) is 0. The highest BCUT2D eigenvalue weighted by Crippen LogP contribution is 2.24. The van der Waals surface area contributed by atoms with Crippen molar-refractivity contribution in [3.63, 3.8) is 0 Å². The zero-order valence-corrected chi connectivity index (χ0v) is 9.23. The van der Waals surface area contributed by atoms with Gasteiger partial charge < -0.3 is 0 Å². The zero-order chi connectivity index (χ0) is 10.1. The van der Waals surface area contributed by atoms with Crippen LogP contribution >= 0.6 is 34.7 Å². The van der Waals surface area contributed by atoms with Gasteiger partial charge in [0.05, 0.1) is 10.7 Å². The van der Waals surface area contributed by atoms with Crippen molar-refractivity contribution in [3.8, 4) is 5.69 Å². The lowest BCUT2D eigenvalue weighted by molar-refractivity contribution is 1.13. The fourth-order valence-corrected chi connectivity index (χ4v) is 2.37. The van der Waals surface area contributed by atoms with Crippen LogP contribution in [0.1, 0.15) is 0 Å². The van der Waals surface area contributed by atoms with E-state index >= 15 is 0 Å². The van der Waals surface area contributed by atoms with Crippen molar-refractivity contribution < 1.29 is 0 Å². The van der Waals surface area contributed by atoms with E-state index in [2.05, 4.69) is 0 Å². The van der Waals surface area contributed by atoms with Gasteiger partial charge in [0.2, 0.25) is 0 Å². The maximum Gasteiger partial charge on any atom is 0.265 e. The highest BCUT2D eigenvalue weighted by molar-refractivity contribution is 7.04. The van der Waals surface area contributed by atoms with E-state index in [4.69, 9.17) is 23.2 Å². The van der Waals surface area contributed by atoms with Crippen LogP contribution in [0.3, 0.4) is 0 Å². The molecule has 0 aliphatic rings. The Morgan fingerprint density at radius 3 is 2.57 bits per heavy atom. The predicted octanol–water partition coefficient (Wildman–Crippen LogP) is 3.21. The van der Waals surface area contributed by atoms with Gasteiger partial charge in [0.25, 0.3) is 5.56 Å². The molecule has 0 saturated heterocycles. The number of hydrogen-bond donors (Lipinski definition) is 0. The third-order valence-corrected chi connectivity index (χ3v) is 3.09. The summed E-state index contributed by atoms with van der Waals surface area (Å²) < 4.78 is 1.51. The zero-order valence-electron chi connectivity index (χ0n) is 6.91. The van der Waals surface area contributed by atoms with Gasteiger partial charge in [-0.05, 0) is 18.2 Å². The smallest absolute Gasteiger partial charge is 0.265 e. The first-order valence-corrected chi connectivity index (χ1v) is 5.40. The summed E-state index contributed by atoms with van der Waals surface area (Å²) in [5.41, 5.74) is 0.579. The second-order valence-corrected chi connectivity index (χ2v) is 4.33. The molecule has 1 aromatic heterocycles. The number of halogens is 2. The van der Waals surface area contributed by atoms with Crippen molar-refractivity contribution in [2.75, 3.05) is 0 Å². The van der Waals surface area contributed by atoms with Gasteiger partial charge >= 0.3 is 0 Å². The molecule has 72 valence electrons. The quantitative estimate of drug-likeness (QED) is 0.757. The van der Waals surface area contributed by atoms with Crippen LogP contribution in [0.2, 0.25) is 10.0 Å². The first-order chi connectivity index (χ1) is 6.68. The van der Waals surface area contributed by atoms with Crippen LogP contribution in [-0.2, 0) is 0 Å². The SMILES string of the molecule is O=c1ccsn1-c1ccc(Cl)cc1Cl. The van der Waals surface area contributed by atoms with E-state index < -0.39 is 0 Å². The highest BCUT2D eigenvalue weighted by Gasteiger charge is 2.05. The number of rotatable bonds is 1. The molecule has 0 N–H and O–H groups in total. The Kier molecular flexibility index (Phi) is 2.63. The molecule has 0 radical (unpaired) electrons. The van der Waals surface area contributed by atoms with Crippen molar-refractivity contribution in [1.29, 1.82) is 0 Å². The molecular formula is C9H5Cl2NOS. The van der Waals surface area contributed by atoms with Crippen molar-refractivity contribution in [1.82, 2.24) is 3.96 Å². The Balaban J connectivity index is 2.63. The molecule has 0 bridgehead atoms. The fourth-order valence-electron chi connectivity index (χ4n) is 1.09. The van der Waals surface area contributed by atoms with Crippen LogP contribution < -0.4 is 5.56 Å². The normalized spacial score (nSPS) is 10.4. The molecule has 0 atom stereocenters. The summed E-state index contributed by atoms with van der Waals surface area (Å²) in [6.07, 6.45) is 0. The lowest BCUT2D eigenvalue weighted by Gasteiger charge is -2.02. The van der Waals surface area contributed by atoms with Gasteiger partial charge in [0, 0.05) is 16.5 Å². The molecule has 2 aromatic rings. The maximum atomic E-state index is 11.3. The molecule has 5 heteroatoms. The van der Waals surface area contributed by atoms with E-state index in [-0.39, 0.29) is 5.56 Å². The minimum Gasteiger partial charge on any atom is -0.268 e. The van der Waals surface area contributed by atoms with Crippen molar-refractivity contribution in [2.45, 2.75) is 0 Å². The maximum absolute atomic E-state index is 11.3. The molecule has 2 nitrogen and oxygen atoms in total. The minimum absolute atomic E-state index is 0.0841. The first kappa shape index (κ1) is 9.77. The molecule has 2 rings (SSSR count). The van der Waals surface area contributed by atoms with E-state index in [1.54, 1.807) is 23.6 Å². The van der Waals surface area contributed by atoms with E-state index in [9.17, 15) is 4.79 Å². The molecule has 14 heavy (non-hydrogen) atoms. The van der Waals surface area contributed by atoms with Crippen molar-refractivity contribution >= 4 is 34.7 Å². The van der Waals surface area contributed by atoms with Crippen LogP contribution in [0.4, 0.5) is 0 Å². The van der Waals surface area contributed by atoms with E-state index in [1.807, 2.05) is 0 Å². The monoisotopic (exact) mass is 245 g/mol. The van der Waals surface area contributed by atoms with Crippen LogP contribution in [0.15, 0.2) is 34.4 Å². The lowest BCUT2D eigenvalue weighted by Crippen LogP contribution is -2.09. The van der Waals surface area contributed by atoms with Gasteiger partial charge in [0.1, 0.15) is 0 Å². The number of benzene rings is 1. The number of nitrogens with zero attached hydrogens (tertiary/aromatic N) is 1. The third-order valence-electron chi connectivity index (χ3n) is 1.71. The Morgan fingerprint density at radius 2 is 2.00 bits per heavy atom. The summed E-state index contributed by atoms with van der Waals surface area (Å²) in [5, 5.41) is 2.75. The van der Waals surface area contributed by atoms with E-state index in [0.717, 1.165) is 0 Å². The lowest BCUT2D eigenvalue weighted by atomic mass is 10.3. The van der Waals surface area contributed by atoms with Gasteiger partial charge in [-0.2, -0.15) is 0 Å². The molecule has 1 heterocycles. The van der Waals surface area contributed by atoms with Crippen LogP contribution in [0, 0.1) is 0 Å². The second-order valence-electron chi connectivity index (χ2n) is 2.64. The van der Waals surface area contributed by atoms with Gasteiger partial charge in [-0.15, -0.1) is 0 Å². The molecule has 0 saturated carbocycles. The molecule has 0 fully saturated rings. The van der Waals surface area contributed by atoms with Gasteiger partial charge in [-0.25, -0.2) is 3.96 Å². The largest absolute Gasteiger partial charge is 0.268 e. The molecule has 0 aliphatic carbocycles. The molecule has 0 unspecified atom stereocenters. The molecule has 0 aliphatic heterocycles. The molecular weight excluding hydrogens is 241 g/mol. The van der Waals surface area contributed by atoms with Crippen LogP contribution in [0.5, 0.6) is 0 Å². The number of aromatic nitrogens is 1. The summed E-state index contributed by atoms with van der Waals surface area (Å²) >= 11 is 13.0. The minimum atomic E-state index is -0.0841. The highest BCUT2D eigenvalue weighted by atomic mass is 35.5. The van der Waals surface area contributed by atoms with Gasteiger partial charge in [-0.1, -0.05) is 34.7 Å². The second kappa shape index (κ2) is 3.77. The average Bonchev–Trinajstić information content (AvgIpc) is 2.52. The summed E-state index contributed by atoms with van der Waals surface area (Å²) in [6.45, 7) is 0. The Hall–Kier alpha value is -0.770. The summed E-state index contributed by atoms with van der Waals surface area (Å²) in [6, 6.07) is 6.54. The van der Waals surface area contributed by atoms with E-state index in [1.165, 1.54) is 21.6 Å². The summed E-state index contributed by atoms with van der Waals surface area (Å²) in [5.74, 6) is 0. The van der Waals surface area contributed by atoms with Crippen molar-refractivity contribution in [3.05, 3.63) is 50.0 Å². The summed E-state index contributed by atoms with van der Waals surface area (Å²) in [7, 11) is 0. The Morgan fingerprint density at radius 1 is 1.21 bits per heavy atom. The first-order valence-electron chi connectivity index (χ1n) is 3.81. The summed E-state index contributed by atoms with van der Waals surface area (Å²) in [4.78, 5) is 11.3. The standard InChI is InChI=1S/C9H5Cl2NOS/c10-6-1-2-8(7(11)5-6)12-9(13)3-4-14-12/h1-5H. The van der Waals surface area contributed by atoms with Gasteiger partial charge in [-0.3, -0.25) is 4.79 Å². The average molecular weight is 246 g/mol. The molecule has 1 aromatic carbocycles. The van der Waals surface area contributed by atoms with Crippen LogP contribution in [0.25, 0.3) is 5.69 Å². The van der Waals surface area contributed by atoms with Gasteiger partial charge in [0.15, 0.2) is 0 Å². The van der Waals surface area contributed by atoms with E-state index in [0.29, 0.717) is 15.7 Å². The number of hydrogen-bond acceptors (Lipinski definition) is 2. The predicted molar refractivity (Wildman–Crippen MR) is 59.9 cm³/mol. The Labute approximate surface area is 94.5 Å². The van der Waals surface area contributed by atoms with Crippen LogP contribution in [-0.4, -0.2) is 3.96 Å². The molecule has 0 spiro atoms.